The molecule has 3 heteroatoms. The van der Waals surface area contributed by atoms with Gasteiger partial charge in [-0.2, -0.15) is 0 Å². The molecule has 4 aliphatic carbocycles. The van der Waals surface area contributed by atoms with Crippen molar-refractivity contribution in [3.63, 3.8) is 0 Å². The average molecular weight is 1040 g/mol. The molecule has 0 bridgehead atoms. The molecule has 0 unspecified atom stereocenters. The van der Waals surface area contributed by atoms with Gasteiger partial charge in [-0.1, -0.05) is 225 Å². The highest BCUT2D eigenvalue weighted by atomic mass is 32.1. The third-order valence-corrected chi connectivity index (χ3v) is 19.9. The Morgan fingerprint density at radius 1 is 0.253 bits per heavy atom. The molecule has 0 saturated carbocycles. The van der Waals surface area contributed by atoms with Crippen LogP contribution >= 0.6 is 11.3 Å². The first-order valence-electron chi connectivity index (χ1n) is 28.1. The number of hydrogen-bond acceptors (Lipinski definition) is 3. The molecule has 0 amide bonds. The summed E-state index contributed by atoms with van der Waals surface area (Å²) in [5, 5.41) is 0. The Balaban J connectivity index is 0.853. The van der Waals surface area contributed by atoms with E-state index in [1.807, 2.05) is 11.3 Å². The number of fused-ring (bicyclic) bond motifs is 13. The van der Waals surface area contributed by atoms with Gasteiger partial charge in [-0.25, -0.2) is 0 Å². The summed E-state index contributed by atoms with van der Waals surface area (Å²) in [6.07, 6.45) is 0. The molecular formula is C76H62N2S. The van der Waals surface area contributed by atoms with Crippen LogP contribution in [0.3, 0.4) is 0 Å². The average Bonchev–Trinajstić information content (AvgIpc) is 3.01. The van der Waals surface area contributed by atoms with E-state index in [2.05, 4.69) is 296 Å². The first-order chi connectivity index (χ1) is 38.2. The van der Waals surface area contributed by atoms with Gasteiger partial charge < -0.3 is 9.80 Å². The standard InChI is InChI=1S/C76H62N2S/c1-73(2)61-31-19-15-29-55(61)57-39-35-49(43-63(57)73)77(67-33-21-17-27-53(67)47-23-11-9-12-24-47)51-37-41-59-65(45-51)75(5,6)69-70-72(79-71(59)69)60-42-38-52(46-66(60)76(70,7)8)78(68-34-22-18-28-54(68)48-25-13-10-14-26-48)50-36-40-58-56-30-16-20-32-62(56)74(3,4)64(58)44-50/h9-46H,1-8H3. The van der Waals surface area contributed by atoms with Crippen molar-refractivity contribution < 1.29 is 0 Å². The first-order valence-corrected chi connectivity index (χ1v) is 28.9. The summed E-state index contributed by atoms with van der Waals surface area (Å²) in [6.45, 7) is 19.4. The van der Waals surface area contributed by atoms with Gasteiger partial charge in [0.2, 0.25) is 0 Å². The maximum absolute atomic E-state index is 2.53. The molecule has 0 N–H and O–H groups in total. The normalized spacial score (nSPS) is 15.5. The third kappa shape index (κ3) is 6.82. The van der Waals surface area contributed by atoms with Crippen molar-refractivity contribution in [2.24, 2.45) is 0 Å². The fourth-order valence-electron chi connectivity index (χ4n) is 14.6. The van der Waals surface area contributed by atoms with Gasteiger partial charge in [0.25, 0.3) is 0 Å². The summed E-state index contributed by atoms with van der Waals surface area (Å²) in [5.41, 5.74) is 30.2. The summed E-state index contributed by atoms with van der Waals surface area (Å²) >= 11 is 2.00. The maximum atomic E-state index is 2.53. The molecule has 79 heavy (non-hydrogen) atoms. The van der Waals surface area contributed by atoms with Crippen molar-refractivity contribution in [1.29, 1.82) is 0 Å². The quantitative estimate of drug-likeness (QED) is 0.150. The Kier molecular flexibility index (Phi) is 10.3. The van der Waals surface area contributed by atoms with Gasteiger partial charge in [0.1, 0.15) is 0 Å². The topological polar surface area (TPSA) is 6.48 Å². The molecule has 10 aromatic carbocycles. The second kappa shape index (κ2) is 17.0. The molecule has 0 atom stereocenters. The SMILES string of the molecule is CC1(C)c2ccccc2-c2ccc(N(c3ccc4c(c3)C(C)(C)c3c-4sc4c3C(C)(C)c3cc(N(c5ccc6c(c5)C(C)(C)c5ccccc5-6)c5ccccc5-c5ccccc5)ccc3-4)c3ccccc3-c3ccccc3)cc21. The Morgan fingerprint density at radius 3 is 0.924 bits per heavy atom. The van der Waals surface area contributed by atoms with Crippen LogP contribution in [0, 0.1) is 0 Å². The zero-order valence-corrected chi connectivity index (χ0v) is 47.1. The van der Waals surface area contributed by atoms with E-state index >= 15 is 0 Å². The van der Waals surface area contributed by atoms with Crippen LogP contribution in [0.15, 0.2) is 231 Å². The second-order valence-electron chi connectivity index (χ2n) is 24.5. The lowest BCUT2D eigenvalue weighted by Gasteiger charge is -2.32. The summed E-state index contributed by atoms with van der Waals surface area (Å²) in [7, 11) is 0. The van der Waals surface area contributed by atoms with Crippen molar-refractivity contribution in [3.05, 3.63) is 275 Å². The summed E-state index contributed by atoms with van der Waals surface area (Å²) < 4.78 is 0. The highest BCUT2D eigenvalue weighted by Gasteiger charge is 2.49. The number of nitrogens with zero attached hydrogens (tertiary/aromatic N) is 2. The van der Waals surface area contributed by atoms with Gasteiger partial charge in [0, 0.05) is 65.3 Å². The lowest BCUT2D eigenvalue weighted by Crippen LogP contribution is -2.24. The molecular weight excluding hydrogens is 973 g/mol. The van der Waals surface area contributed by atoms with E-state index in [0.29, 0.717) is 0 Å². The predicted octanol–water partition coefficient (Wildman–Crippen LogP) is 21.2. The van der Waals surface area contributed by atoms with Gasteiger partial charge in [-0.3, -0.25) is 0 Å². The summed E-state index contributed by atoms with van der Waals surface area (Å²) in [5.74, 6) is 0. The number of thiophene rings is 1. The number of anilines is 6. The lowest BCUT2D eigenvalue weighted by molar-refractivity contribution is 0.603. The van der Waals surface area contributed by atoms with E-state index in [0.717, 1.165) is 34.1 Å². The van der Waals surface area contributed by atoms with Crippen molar-refractivity contribution in [1.82, 2.24) is 0 Å². The van der Waals surface area contributed by atoms with Crippen molar-refractivity contribution >= 4 is 45.5 Å². The molecule has 11 aromatic rings. The molecule has 0 fully saturated rings. The minimum absolute atomic E-state index is 0.136. The molecule has 1 heterocycles. The number of hydrogen-bond donors (Lipinski definition) is 0. The number of rotatable bonds is 8. The molecule has 382 valence electrons. The second-order valence-corrected chi connectivity index (χ2v) is 25.5. The fraction of sp³-hybridized carbons (Fsp3) is 0.158. The van der Waals surface area contributed by atoms with E-state index in [1.165, 1.54) is 110 Å². The van der Waals surface area contributed by atoms with Crippen LogP contribution in [0.25, 0.3) is 65.4 Å². The monoisotopic (exact) mass is 1030 g/mol. The van der Waals surface area contributed by atoms with E-state index in [-0.39, 0.29) is 21.7 Å². The van der Waals surface area contributed by atoms with E-state index in [1.54, 1.807) is 0 Å². The van der Waals surface area contributed by atoms with Gasteiger partial charge >= 0.3 is 0 Å². The Hall–Kier alpha value is -8.50. The molecule has 0 saturated heterocycles. The largest absolute Gasteiger partial charge is 0.310 e. The molecule has 0 radical (unpaired) electrons. The summed E-state index contributed by atoms with van der Waals surface area (Å²) in [4.78, 5) is 7.87. The van der Waals surface area contributed by atoms with Gasteiger partial charge in [-0.15, -0.1) is 11.3 Å². The van der Waals surface area contributed by atoms with Crippen LogP contribution in [-0.4, -0.2) is 0 Å². The molecule has 15 rings (SSSR count). The fourth-order valence-corrected chi connectivity index (χ4v) is 16.3. The van der Waals surface area contributed by atoms with E-state index < -0.39 is 0 Å². The van der Waals surface area contributed by atoms with Crippen molar-refractivity contribution in [2.45, 2.75) is 77.0 Å². The lowest BCUT2D eigenvalue weighted by atomic mass is 9.74. The molecule has 4 aliphatic rings. The van der Waals surface area contributed by atoms with Gasteiger partial charge in [0.15, 0.2) is 0 Å². The smallest absolute Gasteiger partial charge is 0.0540 e. The van der Waals surface area contributed by atoms with Gasteiger partial charge in [-0.05, 0) is 150 Å². The molecule has 2 nitrogen and oxygen atoms in total. The summed E-state index contributed by atoms with van der Waals surface area (Å²) in [6, 6.07) is 86.6. The number of benzene rings is 10. The maximum Gasteiger partial charge on any atom is 0.0540 e. The number of para-hydroxylation sites is 2. The van der Waals surface area contributed by atoms with Crippen LogP contribution in [0.4, 0.5) is 34.1 Å². The van der Waals surface area contributed by atoms with Crippen LogP contribution in [0.5, 0.6) is 0 Å². The zero-order valence-electron chi connectivity index (χ0n) is 46.2. The van der Waals surface area contributed by atoms with Crippen LogP contribution < -0.4 is 9.80 Å². The minimum Gasteiger partial charge on any atom is -0.310 e. The third-order valence-electron chi connectivity index (χ3n) is 18.6. The van der Waals surface area contributed by atoms with Crippen LogP contribution in [-0.2, 0) is 21.7 Å². The Bertz CT molecular complexity index is 4040. The Labute approximate surface area is 470 Å². The highest BCUT2D eigenvalue weighted by molar-refractivity contribution is 7.19. The van der Waals surface area contributed by atoms with E-state index in [9.17, 15) is 0 Å². The molecule has 0 aliphatic heterocycles. The zero-order chi connectivity index (χ0) is 53.7. The minimum atomic E-state index is -0.269. The predicted molar refractivity (Wildman–Crippen MR) is 335 cm³/mol. The van der Waals surface area contributed by atoms with E-state index in [4.69, 9.17) is 0 Å². The van der Waals surface area contributed by atoms with Crippen molar-refractivity contribution in [3.8, 4) is 65.4 Å². The molecule has 0 spiro atoms. The van der Waals surface area contributed by atoms with Crippen LogP contribution in [0.2, 0.25) is 0 Å². The molecule has 1 aromatic heterocycles. The highest BCUT2D eigenvalue weighted by Crippen LogP contribution is 2.65. The van der Waals surface area contributed by atoms with Crippen molar-refractivity contribution in [2.75, 3.05) is 9.80 Å². The first kappa shape index (κ1) is 47.7. The van der Waals surface area contributed by atoms with Crippen LogP contribution in [0.1, 0.15) is 99.9 Å². The Morgan fingerprint density at radius 2 is 0.544 bits per heavy atom. The van der Waals surface area contributed by atoms with Gasteiger partial charge in [0.05, 0.1) is 11.4 Å².